The van der Waals surface area contributed by atoms with E-state index in [1.54, 1.807) is 69.3 Å². The minimum absolute atomic E-state index is 0.0558. The zero-order valence-electron chi connectivity index (χ0n) is 25.6. The number of carbonyl (C=O) groups excluding carboxylic acids is 3. The molecule has 238 valence electrons. The van der Waals surface area contributed by atoms with Crippen molar-refractivity contribution >= 4 is 79.4 Å². The number of phenols is 1. The highest BCUT2D eigenvalue weighted by Crippen LogP contribution is 2.45. The molecule has 2 aromatic heterocycles. The first-order chi connectivity index (χ1) is 22.5. The lowest BCUT2D eigenvalue weighted by Gasteiger charge is -2.19. The van der Waals surface area contributed by atoms with E-state index in [0.717, 1.165) is 10.9 Å². The van der Waals surface area contributed by atoms with E-state index in [1.165, 1.54) is 4.90 Å². The van der Waals surface area contributed by atoms with Gasteiger partial charge in [0, 0.05) is 52.6 Å². The average molecular weight is 653 g/mol. The second-order valence-corrected chi connectivity index (χ2v) is 12.6. The Morgan fingerprint density at radius 2 is 1.70 bits per heavy atom. The normalized spacial score (nSPS) is 14.5. The van der Waals surface area contributed by atoms with Gasteiger partial charge in [-0.05, 0) is 68.1 Å². The van der Waals surface area contributed by atoms with E-state index >= 15 is 0 Å². The van der Waals surface area contributed by atoms with Crippen LogP contribution in [0.2, 0.25) is 0 Å². The number of hydrogen-bond donors (Lipinski definition) is 3. The molecule has 0 radical (unpaired) electrons. The Morgan fingerprint density at radius 3 is 2.47 bits per heavy atom. The standard InChI is InChI=1S/C35H29ClN4O7/c1-35(2,3)47-34(44)38-20-9-11-27-18(12-20)13-29(45-27)31(42)37-21-8-10-24-28(14-21)46-32(39-24)33(43)40-17-19(16-36)30-23-7-5-4-6-22(23)26(41)15-25(30)40/h4-15,19,41H,16-17H2,1-3H3,(H,37,42)(H,38,44)/t19-/m1/s1. The van der Waals surface area contributed by atoms with Crippen LogP contribution >= 0.6 is 11.6 Å². The summed E-state index contributed by atoms with van der Waals surface area (Å²) in [5.41, 5.74) is 2.87. The number of nitrogens with zero attached hydrogens (tertiary/aromatic N) is 2. The number of amides is 3. The number of rotatable bonds is 5. The number of benzene rings is 4. The zero-order valence-corrected chi connectivity index (χ0v) is 26.3. The van der Waals surface area contributed by atoms with E-state index in [2.05, 4.69) is 15.6 Å². The lowest BCUT2D eigenvalue weighted by Crippen LogP contribution is -2.30. The van der Waals surface area contributed by atoms with Gasteiger partial charge in [-0.3, -0.25) is 14.9 Å². The van der Waals surface area contributed by atoms with Crippen LogP contribution in [0.25, 0.3) is 32.8 Å². The van der Waals surface area contributed by atoms with Gasteiger partial charge < -0.3 is 28.9 Å². The minimum Gasteiger partial charge on any atom is -0.507 e. The lowest BCUT2D eigenvalue weighted by molar-refractivity contribution is 0.0635. The number of carbonyl (C=O) groups is 3. The monoisotopic (exact) mass is 652 g/mol. The smallest absolute Gasteiger partial charge is 0.412 e. The van der Waals surface area contributed by atoms with Crippen LogP contribution in [-0.4, -0.2) is 46.0 Å². The maximum Gasteiger partial charge on any atom is 0.412 e. The molecular formula is C35H29ClN4O7. The van der Waals surface area contributed by atoms with Crippen molar-refractivity contribution < 1.29 is 33.1 Å². The van der Waals surface area contributed by atoms with Crippen molar-refractivity contribution in [2.75, 3.05) is 28.0 Å². The van der Waals surface area contributed by atoms with Crippen LogP contribution in [0.4, 0.5) is 21.9 Å². The predicted octanol–water partition coefficient (Wildman–Crippen LogP) is 8.01. The Balaban J connectivity index is 1.10. The third-order valence-corrected chi connectivity index (χ3v) is 8.16. The number of fused-ring (bicyclic) bond motifs is 5. The average Bonchev–Trinajstić information content (AvgIpc) is 3.74. The van der Waals surface area contributed by atoms with E-state index in [9.17, 15) is 19.5 Å². The number of phenolic OH excluding ortho intramolecular Hbond substituents is 1. The predicted molar refractivity (Wildman–Crippen MR) is 179 cm³/mol. The molecule has 4 aromatic carbocycles. The molecule has 0 aliphatic carbocycles. The zero-order chi connectivity index (χ0) is 33.0. The van der Waals surface area contributed by atoms with Gasteiger partial charge in [0.25, 0.3) is 11.8 Å². The van der Waals surface area contributed by atoms with E-state index < -0.39 is 23.5 Å². The summed E-state index contributed by atoms with van der Waals surface area (Å²) in [6.45, 7) is 5.63. The summed E-state index contributed by atoms with van der Waals surface area (Å²) in [6.07, 6.45) is -0.594. The summed E-state index contributed by atoms with van der Waals surface area (Å²) < 4.78 is 16.9. The molecule has 3 N–H and O–H groups in total. The summed E-state index contributed by atoms with van der Waals surface area (Å²) in [6, 6.07) is 20.4. The summed E-state index contributed by atoms with van der Waals surface area (Å²) in [4.78, 5) is 44.9. The number of furan rings is 1. The minimum atomic E-state index is -0.643. The van der Waals surface area contributed by atoms with Crippen LogP contribution in [0.5, 0.6) is 5.75 Å². The molecule has 7 rings (SSSR count). The lowest BCUT2D eigenvalue weighted by atomic mass is 9.95. The van der Waals surface area contributed by atoms with Crippen molar-refractivity contribution in [1.82, 2.24) is 4.98 Å². The maximum absolute atomic E-state index is 13.7. The van der Waals surface area contributed by atoms with Crippen molar-refractivity contribution in [3.05, 3.63) is 90.0 Å². The van der Waals surface area contributed by atoms with Crippen LogP contribution in [0.15, 0.2) is 81.6 Å². The van der Waals surface area contributed by atoms with Gasteiger partial charge in [0.1, 0.15) is 22.5 Å². The molecule has 1 aliphatic heterocycles. The molecule has 0 spiro atoms. The number of ether oxygens (including phenoxy) is 1. The number of aromatic nitrogens is 1. The van der Waals surface area contributed by atoms with Crippen LogP contribution in [0.1, 0.15) is 53.5 Å². The van der Waals surface area contributed by atoms with Gasteiger partial charge in [-0.1, -0.05) is 24.3 Å². The van der Waals surface area contributed by atoms with Crippen LogP contribution in [0.3, 0.4) is 0 Å². The van der Waals surface area contributed by atoms with E-state index in [1.807, 2.05) is 24.3 Å². The molecule has 11 nitrogen and oxygen atoms in total. The molecule has 0 unspecified atom stereocenters. The van der Waals surface area contributed by atoms with Gasteiger partial charge in [-0.15, -0.1) is 11.6 Å². The maximum atomic E-state index is 13.7. The summed E-state index contributed by atoms with van der Waals surface area (Å²) in [5, 5.41) is 18.3. The van der Waals surface area contributed by atoms with Crippen molar-refractivity contribution in [2.45, 2.75) is 32.3 Å². The second-order valence-electron chi connectivity index (χ2n) is 12.3. The topological polar surface area (TPSA) is 147 Å². The molecule has 12 heteroatoms. The van der Waals surface area contributed by atoms with Crippen molar-refractivity contribution in [3.8, 4) is 5.75 Å². The van der Waals surface area contributed by atoms with Crippen molar-refractivity contribution in [2.24, 2.45) is 0 Å². The number of hydrogen-bond acceptors (Lipinski definition) is 8. The number of oxazole rings is 1. The molecule has 3 amide bonds. The first-order valence-corrected chi connectivity index (χ1v) is 15.4. The highest BCUT2D eigenvalue weighted by atomic mass is 35.5. The van der Waals surface area contributed by atoms with Crippen molar-refractivity contribution in [1.29, 1.82) is 0 Å². The molecule has 3 heterocycles. The Bertz CT molecular complexity index is 2230. The van der Waals surface area contributed by atoms with Gasteiger partial charge in [-0.25, -0.2) is 9.78 Å². The van der Waals surface area contributed by atoms with Gasteiger partial charge in [0.2, 0.25) is 0 Å². The third-order valence-electron chi connectivity index (χ3n) is 7.79. The number of nitrogens with one attached hydrogen (secondary N) is 2. The van der Waals surface area contributed by atoms with Crippen molar-refractivity contribution in [3.63, 3.8) is 0 Å². The summed E-state index contributed by atoms with van der Waals surface area (Å²) >= 11 is 6.33. The summed E-state index contributed by atoms with van der Waals surface area (Å²) in [7, 11) is 0. The SMILES string of the molecule is CC(C)(C)OC(=O)Nc1ccc2oc(C(=O)Nc3ccc4nc(C(=O)N5C[C@@H](CCl)c6c5cc(O)c5ccccc65)oc4c3)cc2c1. The molecule has 1 atom stereocenters. The Kier molecular flexibility index (Phi) is 7.28. The van der Waals surface area contributed by atoms with Crippen LogP contribution in [-0.2, 0) is 4.74 Å². The van der Waals surface area contributed by atoms with E-state index in [4.69, 9.17) is 25.2 Å². The molecular weight excluding hydrogens is 624 g/mol. The Hall–Kier alpha value is -5.55. The Labute approximate surface area is 273 Å². The molecule has 0 saturated heterocycles. The van der Waals surface area contributed by atoms with Gasteiger partial charge >= 0.3 is 12.0 Å². The number of alkyl halides is 1. The fraction of sp³-hybridized carbons (Fsp3) is 0.200. The number of halogens is 1. The number of anilines is 3. The van der Waals surface area contributed by atoms with Gasteiger partial charge in [-0.2, -0.15) is 0 Å². The Morgan fingerprint density at radius 1 is 0.957 bits per heavy atom. The van der Waals surface area contributed by atoms with E-state index in [0.29, 0.717) is 51.1 Å². The molecule has 0 saturated carbocycles. The van der Waals surface area contributed by atoms with Crippen LogP contribution < -0.4 is 15.5 Å². The highest BCUT2D eigenvalue weighted by Gasteiger charge is 2.36. The largest absolute Gasteiger partial charge is 0.507 e. The van der Waals surface area contributed by atoms with Gasteiger partial charge in [0.05, 0.1) is 5.69 Å². The fourth-order valence-corrected chi connectivity index (χ4v) is 6.05. The fourth-order valence-electron chi connectivity index (χ4n) is 5.80. The highest BCUT2D eigenvalue weighted by molar-refractivity contribution is 6.19. The second kappa shape index (κ2) is 11.4. The number of aromatic hydroxyl groups is 1. The summed E-state index contributed by atoms with van der Waals surface area (Å²) in [5.74, 6) is -0.849. The first-order valence-electron chi connectivity index (χ1n) is 14.9. The molecule has 47 heavy (non-hydrogen) atoms. The molecule has 1 aliphatic rings. The molecule has 0 fully saturated rings. The van der Waals surface area contributed by atoms with E-state index in [-0.39, 0.29) is 29.2 Å². The first kappa shape index (κ1) is 30.1. The van der Waals surface area contributed by atoms with Gasteiger partial charge in [0.15, 0.2) is 11.3 Å². The quantitative estimate of drug-likeness (QED) is 0.159. The molecule has 0 bridgehead atoms. The third kappa shape index (κ3) is 5.70. The van der Waals surface area contributed by atoms with Crippen LogP contribution in [0, 0.1) is 0 Å². The molecule has 6 aromatic rings.